The third-order valence-corrected chi connectivity index (χ3v) is 5.25. The lowest BCUT2D eigenvalue weighted by molar-refractivity contribution is -0.135. The molecule has 2 aliphatic rings. The van der Waals surface area contributed by atoms with Crippen LogP contribution in [0.4, 0.5) is 0 Å². The molecule has 2 atom stereocenters. The summed E-state index contributed by atoms with van der Waals surface area (Å²) in [7, 11) is 0. The zero-order chi connectivity index (χ0) is 14.3. The Hall–Kier alpha value is -0.580. The van der Waals surface area contributed by atoms with Gasteiger partial charge in [-0.2, -0.15) is 0 Å². The molecule has 0 aromatic heterocycles. The van der Waals surface area contributed by atoms with Crippen LogP contribution in [0, 0.1) is 11.8 Å². The highest BCUT2D eigenvalue weighted by molar-refractivity contribution is 9.10. The molecular formula is C16H22BrClN2O. The van der Waals surface area contributed by atoms with Gasteiger partial charge in [-0.25, -0.2) is 0 Å². The Balaban J connectivity index is 0.00000161. The summed E-state index contributed by atoms with van der Waals surface area (Å²) in [4.78, 5) is 15.0. The number of likely N-dealkylation sites (tertiary alicyclic amines) is 1. The Morgan fingerprint density at radius 2 is 1.90 bits per heavy atom. The van der Waals surface area contributed by atoms with E-state index in [9.17, 15) is 4.79 Å². The standard InChI is InChI=1S/C16H21BrN2O.ClH/c1-16(2,13-4-3-5-14(17)6-13)15(20)19-9-11-7-18-8-12(11)10-19;/h3-6,11-12,18H,7-10H2,1-2H3;1H/t11-,12+;. The molecule has 0 spiro atoms. The molecule has 21 heavy (non-hydrogen) atoms. The van der Waals surface area contributed by atoms with Crippen LogP contribution in [-0.2, 0) is 10.2 Å². The number of hydrogen-bond acceptors (Lipinski definition) is 2. The molecule has 2 heterocycles. The van der Waals surface area contributed by atoms with Gasteiger partial charge in [0.15, 0.2) is 0 Å². The van der Waals surface area contributed by atoms with Gasteiger partial charge >= 0.3 is 0 Å². The lowest BCUT2D eigenvalue weighted by Gasteiger charge is -2.30. The predicted molar refractivity (Wildman–Crippen MR) is 90.8 cm³/mol. The fourth-order valence-electron chi connectivity index (χ4n) is 3.42. The number of hydrogen-bond donors (Lipinski definition) is 1. The van der Waals surface area contributed by atoms with Gasteiger partial charge < -0.3 is 10.2 Å². The van der Waals surface area contributed by atoms with Crippen LogP contribution in [0.15, 0.2) is 28.7 Å². The molecular weight excluding hydrogens is 352 g/mol. The molecule has 2 aliphatic heterocycles. The van der Waals surface area contributed by atoms with E-state index in [4.69, 9.17) is 0 Å². The average Bonchev–Trinajstić information content (AvgIpc) is 2.98. The van der Waals surface area contributed by atoms with Gasteiger partial charge in [0.05, 0.1) is 5.41 Å². The first-order valence-electron chi connectivity index (χ1n) is 7.24. The summed E-state index contributed by atoms with van der Waals surface area (Å²) >= 11 is 3.49. The second kappa shape index (κ2) is 6.27. The van der Waals surface area contributed by atoms with Crippen molar-refractivity contribution in [1.29, 1.82) is 0 Å². The molecule has 3 nitrogen and oxygen atoms in total. The number of carbonyl (C=O) groups is 1. The molecule has 3 rings (SSSR count). The molecule has 0 aliphatic carbocycles. The van der Waals surface area contributed by atoms with Gasteiger partial charge in [0, 0.05) is 30.7 Å². The third kappa shape index (κ3) is 3.13. The predicted octanol–water partition coefficient (Wildman–Crippen LogP) is 2.83. The monoisotopic (exact) mass is 372 g/mol. The normalized spacial score (nSPS) is 24.6. The topological polar surface area (TPSA) is 32.3 Å². The van der Waals surface area contributed by atoms with Gasteiger partial charge in [0.1, 0.15) is 0 Å². The van der Waals surface area contributed by atoms with Crippen LogP contribution >= 0.6 is 28.3 Å². The lowest BCUT2D eigenvalue weighted by Crippen LogP contribution is -2.43. The van der Waals surface area contributed by atoms with Crippen LogP contribution in [-0.4, -0.2) is 37.0 Å². The number of carbonyl (C=O) groups excluding carboxylic acids is 1. The average molecular weight is 374 g/mol. The molecule has 116 valence electrons. The quantitative estimate of drug-likeness (QED) is 0.864. The fraction of sp³-hybridized carbons (Fsp3) is 0.562. The van der Waals surface area contributed by atoms with Gasteiger partial charge in [0.25, 0.3) is 0 Å². The van der Waals surface area contributed by atoms with Crippen molar-refractivity contribution in [3.63, 3.8) is 0 Å². The van der Waals surface area contributed by atoms with Crippen molar-refractivity contribution >= 4 is 34.2 Å². The summed E-state index contributed by atoms with van der Waals surface area (Å²) < 4.78 is 1.03. The van der Waals surface area contributed by atoms with E-state index in [-0.39, 0.29) is 18.3 Å². The highest BCUT2D eigenvalue weighted by Crippen LogP contribution is 2.33. The Kier molecular flexibility index (Phi) is 5.01. The van der Waals surface area contributed by atoms with Gasteiger partial charge in [0.2, 0.25) is 5.91 Å². The fourth-order valence-corrected chi connectivity index (χ4v) is 3.82. The first-order valence-corrected chi connectivity index (χ1v) is 8.04. The van der Waals surface area contributed by atoms with Crippen molar-refractivity contribution in [2.45, 2.75) is 19.3 Å². The second-order valence-electron chi connectivity index (χ2n) is 6.52. The Morgan fingerprint density at radius 1 is 1.29 bits per heavy atom. The minimum atomic E-state index is -0.462. The summed E-state index contributed by atoms with van der Waals surface area (Å²) in [5.74, 6) is 1.56. The van der Waals surface area contributed by atoms with Crippen molar-refractivity contribution < 1.29 is 4.79 Å². The van der Waals surface area contributed by atoms with E-state index >= 15 is 0 Å². The molecule has 0 unspecified atom stereocenters. The molecule has 1 aromatic rings. The number of halogens is 2. The maximum atomic E-state index is 12.9. The molecule has 0 bridgehead atoms. The molecule has 1 amide bonds. The van der Waals surface area contributed by atoms with E-state index in [1.54, 1.807) is 0 Å². The summed E-state index contributed by atoms with van der Waals surface area (Å²) in [5.41, 5.74) is 0.614. The Labute approximate surface area is 141 Å². The first-order chi connectivity index (χ1) is 9.48. The van der Waals surface area contributed by atoms with Gasteiger partial charge in [-0.1, -0.05) is 28.1 Å². The van der Waals surface area contributed by atoms with Gasteiger partial charge in [-0.15, -0.1) is 12.4 Å². The van der Waals surface area contributed by atoms with Crippen LogP contribution < -0.4 is 5.32 Å². The van der Waals surface area contributed by atoms with Crippen molar-refractivity contribution in [1.82, 2.24) is 10.2 Å². The molecule has 0 saturated carbocycles. The van der Waals surface area contributed by atoms with E-state index in [1.807, 2.05) is 32.0 Å². The largest absolute Gasteiger partial charge is 0.341 e. The van der Waals surface area contributed by atoms with Crippen LogP contribution in [0.25, 0.3) is 0 Å². The Morgan fingerprint density at radius 3 is 2.48 bits per heavy atom. The molecule has 0 radical (unpaired) electrons. The van der Waals surface area contributed by atoms with Gasteiger partial charge in [-0.3, -0.25) is 4.79 Å². The highest BCUT2D eigenvalue weighted by atomic mass is 79.9. The smallest absolute Gasteiger partial charge is 0.232 e. The molecule has 1 N–H and O–H groups in total. The van der Waals surface area contributed by atoms with Crippen LogP contribution in [0.1, 0.15) is 19.4 Å². The summed E-state index contributed by atoms with van der Waals surface area (Å²) in [6.07, 6.45) is 0. The SMILES string of the molecule is CC(C)(C(=O)N1C[C@H]2CNC[C@H]2C1)c1cccc(Br)c1.Cl. The number of benzene rings is 1. The zero-order valence-electron chi connectivity index (χ0n) is 12.4. The summed E-state index contributed by atoms with van der Waals surface area (Å²) in [5, 5.41) is 3.42. The molecule has 1 aromatic carbocycles. The molecule has 5 heteroatoms. The first kappa shape index (κ1) is 16.8. The maximum absolute atomic E-state index is 12.9. The van der Waals surface area contributed by atoms with Crippen molar-refractivity contribution in [2.24, 2.45) is 11.8 Å². The summed E-state index contributed by atoms with van der Waals surface area (Å²) in [6.45, 7) is 8.01. The highest BCUT2D eigenvalue weighted by Gasteiger charge is 2.42. The zero-order valence-corrected chi connectivity index (χ0v) is 14.8. The third-order valence-electron chi connectivity index (χ3n) is 4.76. The maximum Gasteiger partial charge on any atom is 0.232 e. The van der Waals surface area contributed by atoms with E-state index in [2.05, 4.69) is 32.2 Å². The van der Waals surface area contributed by atoms with Crippen LogP contribution in [0.2, 0.25) is 0 Å². The number of nitrogens with one attached hydrogen (secondary N) is 1. The molecule has 2 saturated heterocycles. The minimum Gasteiger partial charge on any atom is -0.341 e. The van der Waals surface area contributed by atoms with Crippen LogP contribution in [0.5, 0.6) is 0 Å². The number of rotatable bonds is 2. The van der Waals surface area contributed by atoms with Crippen LogP contribution in [0.3, 0.4) is 0 Å². The van der Waals surface area contributed by atoms with E-state index in [0.29, 0.717) is 11.8 Å². The molecule has 2 fully saturated rings. The number of amides is 1. The van der Waals surface area contributed by atoms with Crippen molar-refractivity contribution in [3.8, 4) is 0 Å². The number of nitrogens with zero attached hydrogens (tertiary/aromatic N) is 1. The van der Waals surface area contributed by atoms with Crippen molar-refractivity contribution in [2.75, 3.05) is 26.2 Å². The second-order valence-corrected chi connectivity index (χ2v) is 7.44. The Bertz CT molecular complexity index is 523. The van der Waals surface area contributed by atoms with Gasteiger partial charge in [-0.05, 0) is 43.4 Å². The summed E-state index contributed by atoms with van der Waals surface area (Å²) in [6, 6.07) is 8.09. The van der Waals surface area contributed by atoms with E-state index < -0.39 is 5.41 Å². The van der Waals surface area contributed by atoms with E-state index in [0.717, 1.165) is 36.2 Å². The minimum absolute atomic E-state index is 0. The number of fused-ring (bicyclic) bond motifs is 1. The van der Waals surface area contributed by atoms with Crippen molar-refractivity contribution in [3.05, 3.63) is 34.3 Å². The van der Waals surface area contributed by atoms with E-state index in [1.165, 1.54) is 0 Å². The lowest BCUT2D eigenvalue weighted by atomic mass is 9.83.